The van der Waals surface area contributed by atoms with E-state index in [1.807, 2.05) is 0 Å². The molecule has 112 valence electrons. The van der Waals surface area contributed by atoms with Crippen LogP contribution in [0.2, 0.25) is 0 Å². The van der Waals surface area contributed by atoms with Crippen molar-refractivity contribution < 1.29 is 17.6 Å². The van der Waals surface area contributed by atoms with Gasteiger partial charge in [0.15, 0.2) is 0 Å². The molecule has 0 heterocycles. The van der Waals surface area contributed by atoms with E-state index in [-0.39, 0.29) is 10.6 Å². The Labute approximate surface area is 118 Å². The summed E-state index contributed by atoms with van der Waals surface area (Å²) in [6.45, 7) is 4.89. The second-order valence-corrected chi connectivity index (χ2v) is 10.1. The molecule has 1 aromatic rings. The van der Waals surface area contributed by atoms with Gasteiger partial charge in [0.25, 0.3) is 15.7 Å². The molecule has 7 nitrogen and oxygen atoms in total. The van der Waals surface area contributed by atoms with Crippen molar-refractivity contribution in [1.82, 2.24) is 0 Å². The summed E-state index contributed by atoms with van der Waals surface area (Å²) in [5, 5.41) is 10.5. The van der Waals surface area contributed by atoms with Crippen molar-refractivity contribution in [3.05, 3.63) is 34.4 Å². The third-order valence-electron chi connectivity index (χ3n) is 2.72. The molecule has 0 aromatic heterocycles. The first-order valence-corrected chi connectivity index (χ1v) is 8.96. The molecule has 1 rings (SSSR count). The molecular formula is C11H16N2O5S2. The summed E-state index contributed by atoms with van der Waals surface area (Å²) in [6, 6.07) is 4.29. The van der Waals surface area contributed by atoms with E-state index in [4.69, 9.17) is 0 Å². The summed E-state index contributed by atoms with van der Waals surface area (Å²) >= 11 is 0. The number of non-ortho nitro benzene ring substituents is 1. The highest BCUT2D eigenvalue weighted by atomic mass is 32.3. The van der Waals surface area contributed by atoms with Gasteiger partial charge in [0.2, 0.25) is 0 Å². The molecule has 0 N–H and O–H groups in total. The minimum Gasteiger partial charge on any atom is -0.258 e. The van der Waals surface area contributed by atoms with E-state index in [0.717, 1.165) is 24.3 Å². The van der Waals surface area contributed by atoms with Gasteiger partial charge in [-0.05, 0) is 32.9 Å². The Balaban J connectivity index is 3.36. The van der Waals surface area contributed by atoms with Crippen molar-refractivity contribution in [3.63, 3.8) is 0 Å². The zero-order valence-electron chi connectivity index (χ0n) is 11.6. The molecule has 0 bridgehead atoms. The van der Waals surface area contributed by atoms with E-state index < -0.39 is 29.4 Å². The van der Waals surface area contributed by atoms with E-state index >= 15 is 0 Å². The first kappa shape index (κ1) is 16.6. The highest BCUT2D eigenvalue weighted by Crippen LogP contribution is 2.23. The standard InChI is InChI=1S/C11H16N2O5S2/c1-11(2,3)19(4,16)12-20(17,18)10-7-5-9(6-8-10)13(14)15/h5-8H,1-4H3. The zero-order chi connectivity index (χ0) is 15.8. The first-order chi connectivity index (χ1) is 8.87. The molecule has 1 atom stereocenters. The smallest absolute Gasteiger partial charge is 0.258 e. The fourth-order valence-corrected chi connectivity index (χ4v) is 4.30. The van der Waals surface area contributed by atoms with Crippen LogP contribution < -0.4 is 0 Å². The van der Waals surface area contributed by atoms with Gasteiger partial charge in [-0.3, -0.25) is 10.1 Å². The second-order valence-electron chi connectivity index (χ2n) is 5.22. The van der Waals surface area contributed by atoms with E-state index in [2.05, 4.69) is 3.77 Å². The lowest BCUT2D eigenvalue weighted by Gasteiger charge is -2.20. The minimum absolute atomic E-state index is 0.220. The Morgan fingerprint density at radius 1 is 1.10 bits per heavy atom. The van der Waals surface area contributed by atoms with Crippen LogP contribution in [0.4, 0.5) is 5.69 Å². The van der Waals surface area contributed by atoms with Gasteiger partial charge in [-0.25, -0.2) is 4.21 Å². The summed E-state index contributed by atoms with van der Waals surface area (Å²) in [4.78, 5) is 9.66. The highest BCUT2D eigenvalue weighted by Gasteiger charge is 2.26. The largest absolute Gasteiger partial charge is 0.290 e. The monoisotopic (exact) mass is 320 g/mol. The van der Waals surface area contributed by atoms with Gasteiger partial charge in [-0.15, -0.1) is 3.77 Å². The molecule has 1 unspecified atom stereocenters. The van der Waals surface area contributed by atoms with Crippen molar-refractivity contribution in [2.24, 2.45) is 3.77 Å². The number of hydrogen-bond donors (Lipinski definition) is 0. The van der Waals surface area contributed by atoms with Gasteiger partial charge in [-0.2, -0.15) is 8.42 Å². The third-order valence-corrected chi connectivity index (χ3v) is 7.79. The van der Waals surface area contributed by atoms with Crippen LogP contribution in [0.5, 0.6) is 0 Å². The molecule has 0 aliphatic rings. The summed E-state index contributed by atoms with van der Waals surface area (Å²) in [5.41, 5.74) is -0.225. The number of benzene rings is 1. The molecule has 20 heavy (non-hydrogen) atoms. The average molecular weight is 320 g/mol. The number of rotatable bonds is 3. The SMILES string of the molecule is CC(C)(C)S(C)(=O)=NS(=O)(=O)c1ccc([N+](=O)[O-])cc1. The molecule has 0 aliphatic heterocycles. The maximum absolute atomic E-state index is 12.3. The number of hydrogen-bond acceptors (Lipinski definition) is 5. The predicted octanol–water partition coefficient (Wildman–Crippen LogP) is 2.18. The fraction of sp³-hybridized carbons (Fsp3) is 0.455. The fourth-order valence-electron chi connectivity index (χ4n) is 1.08. The molecule has 0 aliphatic carbocycles. The summed E-state index contributed by atoms with van der Waals surface area (Å²) < 4.78 is 39.1. The van der Waals surface area contributed by atoms with Gasteiger partial charge in [0.1, 0.15) is 0 Å². The van der Waals surface area contributed by atoms with E-state index in [1.165, 1.54) is 6.26 Å². The van der Waals surface area contributed by atoms with E-state index in [9.17, 15) is 22.7 Å². The summed E-state index contributed by atoms with van der Waals surface area (Å²) in [5.74, 6) is 0. The van der Waals surface area contributed by atoms with Crippen LogP contribution in [0.15, 0.2) is 32.9 Å². The normalized spacial score (nSPS) is 15.4. The van der Waals surface area contributed by atoms with Crippen LogP contribution in [0.3, 0.4) is 0 Å². The van der Waals surface area contributed by atoms with Crippen LogP contribution in [0, 0.1) is 10.1 Å². The third kappa shape index (κ3) is 3.54. The van der Waals surface area contributed by atoms with Gasteiger partial charge >= 0.3 is 0 Å². The number of sulfonamides is 1. The van der Waals surface area contributed by atoms with Crippen molar-refractivity contribution in [1.29, 1.82) is 0 Å². The Morgan fingerprint density at radius 3 is 1.90 bits per heavy atom. The Morgan fingerprint density at radius 2 is 1.55 bits per heavy atom. The van der Waals surface area contributed by atoms with Gasteiger partial charge < -0.3 is 0 Å². The topological polar surface area (TPSA) is 107 Å². The average Bonchev–Trinajstić information content (AvgIpc) is 2.26. The Kier molecular flexibility index (Phi) is 4.25. The minimum atomic E-state index is -4.12. The van der Waals surface area contributed by atoms with Crippen LogP contribution >= 0.6 is 0 Å². The first-order valence-electron chi connectivity index (χ1n) is 5.59. The second kappa shape index (κ2) is 5.13. The lowest BCUT2D eigenvalue weighted by Crippen LogP contribution is -2.27. The van der Waals surface area contributed by atoms with Crippen LogP contribution in [0.1, 0.15) is 20.8 Å². The lowest BCUT2D eigenvalue weighted by molar-refractivity contribution is -0.384. The summed E-state index contributed by atoms with van der Waals surface area (Å²) in [6.07, 6.45) is 1.27. The quantitative estimate of drug-likeness (QED) is 0.626. The number of nitro benzene ring substituents is 1. The molecule has 0 radical (unpaired) electrons. The number of nitrogens with zero attached hydrogens (tertiary/aromatic N) is 2. The molecule has 0 fully saturated rings. The molecule has 0 saturated heterocycles. The Hall–Kier alpha value is -1.48. The van der Waals surface area contributed by atoms with Crippen molar-refractivity contribution in [2.75, 3.05) is 6.26 Å². The van der Waals surface area contributed by atoms with Gasteiger partial charge in [0.05, 0.1) is 19.5 Å². The maximum atomic E-state index is 12.3. The molecule has 0 saturated carbocycles. The number of nitro groups is 1. The van der Waals surface area contributed by atoms with Crippen LogP contribution in [0.25, 0.3) is 0 Å². The molecule has 9 heteroatoms. The Bertz CT molecular complexity index is 736. The molecule has 0 amide bonds. The van der Waals surface area contributed by atoms with Crippen LogP contribution in [-0.2, 0) is 19.8 Å². The van der Waals surface area contributed by atoms with Crippen LogP contribution in [-0.4, -0.2) is 28.6 Å². The predicted molar refractivity (Wildman–Crippen MR) is 76.5 cm³/mol. The summed E-state index contributed by atoms with van der Waals surface area (Å²) in [7, 11) is -7.09. The molecular weight excluding hydrogens is 304 g/mol. The van der Waals surface area contributed by atoms with E-state index in [1.54, 1.807) is 20.8 Å². The molecule has 1 aromatic carbocycles. The van der Waals surface area contributed by atoms with Gasteiger partial charge in [-0.1, -0.05) is 0 Å². The molecule has 0 spiro atoms. The van der Waals surface area contributed by atoms with Crippen molar-refractivity contribution >= 4 is 25.4 Å². The lowest BCUT2D eigenvalue weighted by atomic mass is 10.3. The van der Waals surface area contributed by atoms with Gasteiger partial charge in [0, 0.05) is 23.1 Å². The zero-order valence-corrected chi connectivity index (χ0v) is 13.2. The maximum Gasteiger partial charge on any atom is 0.290 e. The van der Waals surface area contributed by atoms with E-state index in [0.29, 0.717) is 0 Å². The van der Waals surface area contributed by atoms with Crippen molar-refractivity contribution in [3.8, 4) is 0 Å². The van der Waals surface area contributed by atoms with Crippen molar-refractivity contribution in [2.45, 2.75) is 30.4 Å². The highest BCUT2D eigenvalue weighted by molar-refractivity contribution is 8.03.